The van der Waals surface area contributed by atoms with E-state index in [2.05, 4.69) is 95.6 Å². The fraction of sp³-hybridized carbons (Fsp3) is 0.316. The molecule has 4 aromatic rings. The van der Waals surface area contributed by atoms with E-state index in [4.69, 9.17) is 15.8 Å². The van der Waals surface area contributed by atoms with Gasteiger partial charge in [-0.05, 0) is 70.8 Å². The highest BCUT2D eigenvalue weighted by molar-refractivity contribution is 6.15. The summed E-state index contributed by atoms with van der Waals surface area (Å²) in [6, 6.07) is 22.1. The summed E-state index contributed by atoms with van der Waals surface area (Å²) < 4.78 is 0. The summed E-state index contributed by atoms with van der Waals surface area (Å²) in [7, 11) is 0. The zero-order valence-electron chi connectivity index (χ0n) is 25.2. The van der Waals surface area contributed by atoms with Crippen molar-refractivity contribution in [3.63, 3.8) is 0 Å². The average molecular weight is 581 g/mol. The van der Waals surface area contributed by atoms with Gasteiger partial charge in [0.15, 0.2) is 0 Å². The minimum absolute atomic E-state index is 0.271. The Labute approximate surface area is 259 Å². The molecular weight excluding hydrogens is 540 g/mol. The molecule has 0 unspecified atom stereocenters. The van der Waals surface area contributed by atoms with Gasteiger partial charge < -0.3 is 10.6 Å². The molecular formula is C38H40N6. The lowest BCUT2D eigenvalue weighted by Gasteiger charge is -2.31. The number of anilines is 1. The van der Waals surface area contributed by atoms with Crippen LogP contribution in [0.2, 0.25) is 0 Å². The third-order valence-electron chi connectivity index (χ3n) is 9.82. The topological polar surface area (TPSA) is 78.0 Å². The van der Waals surface area contributed by atoms with E-state index in [9.17, 15) is 0 Å². The standard InChI is InChI=1S/C38H40N6/c39-44(37(40-29-11-3-1-4-12-29)41-30-13-5-2-6-14-30)38(42-33-23-21-27-19-17-25-9-7-15-31(33)35(25)27)43-34-24-22-28-20-18-26-10-8-16-32(34)36(26)28/h7-10,15-24,29-30H,1-6,11-14,39H2,(H,40,41)(H,42,43). The summed E-state index contributed by atoms with van der Waals surface area (Å²) in [5.41, 5.74) is 6.80. The molecule has 0 bridgehead atoms. The highest BCUT2D eigenvalue weighted by Gasteiger charge is 2.24. The van der Waals surface area contributed by atoms with Crippen LogP contribution in [0.1, 0.15) is 86.5 Å². The van der Waals surface area contributed by atoms with Gasteiger partial charge in [-0.3, -0.25) is 0 Å². The number of hydrogen-bond acceptors (Lipinski definition) is 3. The molecule has 8 rings (SSSR count). The van der Waals surface area contributed by atoms with Crippen molar-refractivity contribution in [2.75, 3.05) is 5.32 Å². The lowest BCUT2D eigenvalue weighted by molar-refractivity contribution is 0.394. The molecule has 0 saturated heterocycles. The van der Waals surface area contributed by atoms with Crippen LogP contribution in [0.5, 0.6) is 0 Å². The van der Waals surface area contributed by atoms with Crippen molar-refractivity contribution >= 4 is 69.1 Å². The molecule has 222 valence electrons. The van der Waals surface area contributed by atoms with Gasteiger partial charge in [-0.2, -0.15) is 0 Å². The molecule has 4 aliphatic carbocycles. The molecule has 0 aliphatic heterocycles. The highest BCUT2D eigenvalue weighted by atomic mass is 15.5. The van der Waals surface area contributed by atoms with Crippen LogP contribution < -0.4 is 16.5 Å². The van der Waals surface area contributed by atoms with Gasteiger partial charge in [0.25, 0.3) is 0 Å². The molecule has 4 aliphatic rings. The first kappa shape index (κ1) is 27.2. The lowest BCUT2D eigenvalue weighted by Crippen LogP contribution is -2.55. The predicted octanol–water partition coefficient (Wildman–Crippen LogP) is 8.85. The van der Waals surface area contributed by atoms with Gasteiger partial charge >= 0.3 is 0 Å². The summed E-state index contributed by atoms with van der Waals surface area (Å²) in [6.45, 7) is 0. The van der Waals surface area contributed by atoms with Crippen molar-refractivity contribution in [3.8, 4) is 0 Å². The van der Waals surface area contributed by atoms with Gasteiger partial charge in [-0.25, -0.2) is 20.8 Å². The Morgan fingerprint density at radius 1 is 0.636 bits per heavy atom. The normalized spacial score (nSPS) is 18.5. The van der Waals surface area contributed by atoms with Crippen LogP contribution in [-0.4, -0.2) is 29.0 Å². The molecule has 0 aromatic heterocycles. The molecule has 0 radical (unpaired) electrons. The second-order valence-corrected chi connectivity index (χ2v) is 12.7. The smallest absolute Gasteiger partial charge is 0.225 e. The lowest BCUT2D eigenvalue weighted by atomic mass is 9.95. The van der Waals surface area contributed by atoms with Crippen LogP contribution in [0, 0.1) is 0 Å². The number of hydrazine groups is 1. The maximum Gasteiger partial charge on any atom is 0.225 e. The van der Waals surface area contributed by atoms with E-state index in [0.29, 0.717) is 12.0 Å². The van der Waals surface area contributed by atoms with Crippen LogP contribution in [0.25, 0.3) is 45.8 Å². The van der Waals surface area contributed by atoms with Crippen molar-refractivity contribution in [1.29, 1.82) is 0 Å². The van der Waals surface area contributed by atoms with Gasteiger partial charge in [0, 0.05) is 22.5 Å². The van der Waals surface area contributed by atoms with Crippen molar-refractivity contribution in [2.45, 2.75) is 76.3 Å². The highest BCUT2D eigenvalue weighted by Crippen LogP contribution is 2.38. The summed E-state index contributed by atoms with van der Waals surface area (Å²) in [6.07, 6.45) is 20.7. The third-order valence-corrected chi connectivity index (χ3v) is 9.82. The van der Waals surface area contributed by atoms with Gasteiger partial charge in [-0.1, -0.05) is 111 Å². The zero-order valence-corrected chi connectivity index (χ0v) is 25.2. The van der Waals surface area contributed by atoms with Gasteiger partial charge in [-0.15, -0.1) is 0 Å². The fourth-order valence-electron chi connectivity index (χ4n) is 7.49. The molecule has 44 heavy (non-hydrogen) atoms. The number of hydrogen-bond donors (Lipinski definition) is 3. The Hall–Kier alpha value is -4.42. The third kappa shape index (κ3) is 5.07. The van der Waals surface area contributed by atoms with Crippen molar-refractivity contribution < 1.29 is 0 Å². The van der Waals surface area contributed by atoms with Crippen molar-refractivity contribution in [2.24, 2.45) is 15.8 Å². The molecule has 2 saturated carbocycles. The van der Waals surface area contributed by atoms with Gasteiger partial charge in [0.05, 0.1) is 11.7 Å². The molecule has 6 nitrogen and oxygen atoms in total. The summed E-state index contributed by atoms with van der Waals surface area (Å²) in [4.78, 5) is 10.6. The van der Waals surface area contributed by atoms with Crippen LogP contribution in [0.4, 0.5) is 11.4 Å². The number of nitrogens with zero attached hydrogens (tertiary/aromatic N) is 3. The fourth-order valence-corrected chi connectivity index (χ4v) is 7.49. The first-order chi connectivity index (χ1) is 21.7. The molecule has 0 atom stereocenters. The van der Waals surface area contributed by atoms with Gasteiger partial charge in [0.1, 0.15) is 0 Å². The van der Waals surface area contributed by atoms with E-state index < -0.39 is 0 Å². The van der Waals surface area contributed by atoms with Gasteiger partial charge in [0.2, 0.25) is 11.9 Å². The Morgan fingerprint density at radius 3 is 1.93 bits per heavy atom. The van der Waals surface area contributed by atoms with Crippen molar-refractivity contribution in [1.82, 2.24) is 10.3 Å². The number of nitrogens with one attached hydrogen (secondary N) is 2. The Morgan fingerprint density at radius 2 is 1.23 bits per heavy atom. The number of benzene rings is 4. The first-order valence-electron chi connectivity index (χ1n) is 16.4. The molecule has 0 heterocycles. The van der Waals surface area contributed by atoms with Crippen LogP contribution in [0.3, 0.4) is 0 Å². The maximum atomic E-state index is 7.15. The largest absolute Gasteiger partial charge is 0.352 e. The number of aliphatic imine (C=N–C) groups is 2. The maximum absolute atomic E-state index is 7.15. The Balaban J connectivity index is 1.24. The molecule has 0 amide bonds. The van der Waals surface area contributed by atoms with Crippen LogP contribution in [-0.2, 0) is 0 Å². The Bertz CT molecular complexity index is 1830. The molecule has 4 aromatic carbocycles. The van der Waals surface area contributed by atoms with E-state index in [1.807, 2.05) is 0 Å². The quantitative estimate of drug-likeness (QED) is 0.0842. The SMILES string of the molecule is NN(C(=Nc1ccc2c3c(cccc13)C=C2)Nc1ccc2c3c(cccc13)C=C2)C(=NC1CCCCC1)NC1CCCCC1. The predicted molar refractivity (Wildman–Crippen MR) is 187 cm³/mol. The summed E-state index contributed by atoms with van der Waals surface area (Å²) >= 11 is 0. The number of guanidine groups is 2. The summed E-state index contributed by atoms with van der Waals surface area (Å²) in [5.74, 6) is 8.42. The van der Waals surface area contributed by atoms with E-state index >= 15 is 0 Å². The molecule has 0 spiro atoms. The second-order valence-electron chi connectivity index (χ2n) is 12.7. The second kappa shape index (κ2) is 11.6. The number of nitrogens with two attached hydrogens (primary N) is 1. The Kier molecular flexibility index (Phi) is 7.15. The average Bonchev–Trinajstić information content (AvgIpc) is 3.69. The van der Waals surface area contributed by atoms with E-state index in [0.717, 1.165) is 53.8 Å². The monoisotopic (exact) mass is 580 g/mol. The van der Waals surface area contributed by atoms with E-state index in [1.54, 1.807) is 5.01 Å². The van der Waals surface area contributed by atoms with E-state index in [1.165, 1.54) is 71.6 Å². The molecule has 6 heteroatoms. The summed E-state index contributed by atoms with van der Waals surface area (Å²) in [5, 5.41) is 14.0. The number of rotatable bonds is 4. The minimum Gasteiger partial charge on any atom is -0.352 e. The van der Waals surface area contributed by atoms with Crippen LogP contribution in [0.15, 0.2) is 70.6 Å². The molecule has 4 N–H and O–H groups in total. The first-order valence-corrected chi connectivity index (χ1v) is 16.4. The minimum atomic E-state index is 0.271. The van der Waals surface area contributed by atoms with Crippen molar-refractivity contribution in [3.05, 3.63) is 82.9 Å². The van der Waals surface area contributed by atoms with E-state index in [-0.39, 0.29) is 6.04 Å². The van der Waals surface area contributed by atoms with Crippen LogP contribution >= 0.6 is 0 Å². The zero-order chi connectivity index (χ0) is 29.5. The molecule has 2 fully saturated rings.